The van der Waals surface area contributed by atoms with Crippen molar-refractivity contribution in [3.8, 4) is 5.75 Å². The Labute approximate surface area is 276 Å². The van der Waals surface area contributed by atoms with Crippen LogP contribution in [0.3, 0.4) is 0 Å². The van der Waals surface area contributed by atoms with E-state index < -0.39 is 26.2 Å². The molecular weight excluding hydrogens is 637 g/mol. The van der Waals surface area contributed by atoms with Crippen LogP contribution in [0.15, 0.2) is 119 Å². The molecule has 4 aromatic carbocycles. The minimum absolute atomic E-state index is 0.0288. The van der Waals surface area contributed by atoms with Gasteiger partial charge in [-0.25, -0.2) is 8.42 Å². The molecule has 1 saturated heterocycles. The van der Waals surface area contributed by atoms with Crippen LogP contribution in [0, 0.1) is 0 Å². The lowest BCUT2D eigenvalue weighted by molar-refractivity contribution is -0.133. The zero-order chi connectivity index (χ0) is 33.0. The number of rotatable bonds is 10. The monoisotopic (exact) mass is 672 g/mol. The first kappa shape index (κ1) is 32.3. The maximum atomic E-state index is 14.1. The molecule has 244 valence electrons. The van der Waals surface area contributed by atoms with Crippen LogP contribution in [0.2, 0.25) is 0 Å². The normalized spacial score (nSPS) is 15.6. The molecule has 2 heterocycles. The molecule has 2 aliphatic rings. The van der Waals surface area contributed by atoms with Crippen LogP contribution in [0.4, 0.5) is 5.69 Å². The summed E-state index contributed by atoms with van der Waals surface area (Å²) in [6.45, 7) is 2.67. The van der Waals surface area contributed by atoms with Gasteiger partial charge in [-0.2, -0.15) is 13.1 Å². The second-order valence-electron chi connectivity index (χ2n) is 11.6. The van der Waals surface area contributed by atoms with Gasteiger partial charge < -0.3 is 18.9 Å². The van der Waals surface area contributed by atoms with Crippen molar-refractivity contribution in [3.63, 3.8) is 0 Å². The summed E-state index contributed by atoms with van der Waals surface area (Å²) in [5.74, 6) is -0.223. The van der Waals surface area contributed by atoms with Crippen LogP contribution in [0.1, 0.15) is 16.7 Å². The number of sulfonamides is 1. The number of nitrogens with zero attached hydrogens (tertiary/aromatic N) is 3. The van der Waals surface area contributed by atoms with Gasteiger partial charge in [0.05, 0.1) is 4.90 Å². The SMILES string of the molecule is CN1C=Cc2c(cccc2S(=O)(=O)NC(Cc2ccc(OS(=O)(=O)c3ccccc3)cc2)C(=O)N2CCN(c3ccccc3)CC2)C1. The van der Waals surface area contributed by atoms with E-state index in [1.165, 1.54) is 24.3 Å². The second-order valence-corrected chi connectivity index (χ2v) is 14.8. The van der Waals surface area contributed by atoms with E-state index in [1.54, 1.807) is 53.4 Å². The fourth-order valence-corrected chi connectivity index (χ4v) is 8.21. The van der Waals surface area contributed by atoms with E-state index in [1.807, 2.05) is 54.5 Å². The van der Waals surface area contributed by atoms with Gasteiger partial charge in [-0.15, -0.1) is 0 Å². The molecule has 1 N–H and O–H groups in total. The Morgan fingerprint density at radius 1 is 0.809 bits per heavy atom. The third-order valence-corrected chi connectivity index (χ3v) is 11.1. The number of hydrogen-bond acceptors (Lipinski definition) is 8. The number of carbonyl (C=O) groups excluding carboxylic acids is 1. The zero-order valence-electron chi connectivity index (χ0n) is 25.9. The van der Waals surface area contributed by atoms with Gasteiger partial charge in [-0.3, -0.25) is 4.79 Å². The highest BCUT2D eigenvalue weighted by atomic mass is 32.2. The number of fused-ring (bicyclic) bond motifs is 1. The Hall–Kier alpha value is -4.65. The Morgan fingerprint density at radius 3 is 2.15 bits per heavy atom. The highest BCUT2D eigenvalue weighted by Crippen LogP contribution is 2.27. The summed E-state index contributed by atoms with van der Waals surface area (Å²) in [5, 5.41) is 0. The second kappa shape index (κ2) is 13.6. The van der Waals surface area contributed by atoms with E-state index in [0.717, 1.165) is 11.3 Å². The molecule has 2 aliphatic heterocycles. The number of carbonyl (C=O) groups is 1. The number of amides is 1. The van der Waals surface area contributed by atoms with Gasteiger partial charge in [0.15, 0.2) is 0 Å². The molecule has 10 nitrogen and oxygen atoms in total. The number of hydrogen-bond donors (Lipinski definition) is 1. The van der Waals surface area contributed by atoms with Crippen molar-refractivity contribution in [2.45, 2.75) is 28.8 Å². The zero-order valence-corrected chi connectivity index (χ0v) is 27.5. The molecule has 0 radical (unpaired) electrons. The van der Waals surface area contributed by atoms with Gasteiger partial charge in [0.25, 0.3) is 0 Å². The minimum Gasteiger partial charge on any atom is -0.379 e. The van der Waals surface area contributed by atoms with Crippen molar-refractivity contribution < 1.29 is 25.8 Å². The fourth-order valence-electron chi connectivity index (χ4n) is 5.83. The Balaban J connectivity index is 1.23. The third-order valence-electron chi connectivity index (χ3n) is 8.27. The minimum atomic E-state index is -4.12. The predicted octanol–water partition coefficient (Wildman–Crippen LogP) is 4.11. The van der Waals surface area contributed by atoms with Crippen molar-refractivity contribution in [1.82, 2.24) is 14.5 Å². The van der Waals surface area contributed by atoms with Crippen LogP contribution in [0.25, 0.3) is 6.08 Å². The van der Waals surface area contributed by atoms with E-state index in [-0.39, 0.29) is 27.9 Å². The highest BCUT2D eigenvalue weighted by Gasteiger charge is 2.33. The molecule has 0 aliphatic carbocycles. The average molecular weight is 673 g/mol. The molecular formula is C35H36N4O6S2. The molecule has 1 atom stereocenters. The first-order valence-electron chi connectivity index (χ1n) is 15.3. The first-order valence-corrected chi connectivity index (χ1v) is 18.2. The lowest BCUT2D eigenvalue weighted by Gasteiger charge is -2.37. The Bertz CT molecular complexity index is 1960. The fraction of sp³-hybridized carbons (Fsp3) is 0.229. The van der Waals surface area contributed by atoms with Crippen LogP contribution in [-0.2, 0) is 37.9 Å². The summed E-state index contributed by atoms with van der Waals surface area (Å²) in [7, 11) is -6.24. The Kier molecular flexibility index (Phi) is 9.35. The quantitative estimate of drug-likeness (QED) is 0.251. The van der Waals surface area contributed by atoms with Gasteiger partial charge in [-0.05, 0) is 72.3 Å². The van der Waals surface area contributed by atoms with Crippen molar-refractivity contribution >= 4 is 37.8 Å². The molecule has 1 unspecified atom stereocenters. The summed E-state index contributed by atoms with van der Waals surface area (Å²) in [5.41, 5.74) is 3.18. The van der Waals surface area contributed by atoms with Crippen molar-refractivity contribution in [2.24, 2.45) is 0 Å². The van der Waals surface area contributed by atoms with Crippen molar-refractivity contribution in [3.05, 3.63) is 126 Å². The predicted molar refractivity (Wildman–Crippen MR) is 181 cm³/mol. The summed E-state index contributed by atoms with van der Waals surface area (Å²) in [6, 6.07) is 28.1. The standard InChI is InChI=1S/C35H36N4O6S2/c1-37-20-19-32-28(26-37)9-8-14-34(32)46(41,42)36-33(35(40)39-23-21-38(22-24-39)29-10-4-2-5-11-29)25-27-15-17-30(18-16-27)45-47(43,44)31-12-6-3-7-13-31/h2-20,33,36H,21-26H2,1H3. The topological polar surface area (TPSA) is 116 Å². The van der Waals surface area contributed by atoms with Crippen LogP contribution < -0.4 is 13.8 Å². The van der Waals surface area contributed by atoms with Crippen LogP contribution in [-0.4, -0.2) is 71.8 Å². The van der Waals surface area contributed by atoms with Crippen molar-refractivity contribution in [1.29, 1.82) is 0 Å². The summed E-state index contributed by atoms with van der Waals surface area (Å²) >= 11 is 0. The van der Waals surface area contributed by atoms with Crippen molar-refractivity contribution in [2.75, 3.05) is 38.1 Å². The van der Waals surface area contributed by atoms with E-state index in [0.29, 0.717) is 43.9 Å². The summed E-state index contributed by atoms with van der Waals surface area (Å²) in [6.07, 6.45) is 3.66. The molecule has 47 heavy (non-hydrogen) atoms. The van der Waals surface area contributed by atoms with E-state index in [4.69, 9.17) is 4.18 Å². The molecule has 1 amide bonds. The molecule has 0 aromatic heterocycles. The lowest BCUT2D eigenvalue weighted by Crippen LogP contribution is -2.55. The average Bonchev–Trinajstić information content (AvgIpc) is 3.09. The maximum Gasteiger partial charge on any atom is 0.339 e. The number of benzene rings is 4. The molecule has 0 bridgehead atoms. The number of nitrogens with one attached hydrogen (secondary N) is 1. The largest absolute Gasteiger partial charge is 0.379 e. The van der Waals surface area contributed by atoms with E-state index in [9.17, 15) is 21.6 Å². The Morgan fingerprint density at radius 2 is 1.47 bits per heavy atom. The van der Waals surface area contributed by atoms with Crippen LogP contribution in [0.5, 0.6) is 5.75 Å². The number of anilines is 1. The molecule has 4 aromatic rings. The van der Waals surface area contributed by atoms with Gasteiger partial charge in [-0.1, -0.05) is 60.7 Å². The van der Waals surface area contributed by atoms with Gasteiger partial charge in [0.2, 0.25) is 15.9 Å². The summed E-state index contributed by atoms with van der Waals surface area (Å²) in [4.78, 5) is 20.1. The molecule has 12 heteroatoms. The highest BCUT2D eigenvalue weighted by molar-refractivity contribution is 7.89. The first-order chi connectivity index (χ1) is 22.6. The van der Waals surface area contributed by atoms with E-state index >= 15 is 0 Å². The third kappa shape index (κ3) is 7.51. The van der Waals surface area contributed by atoms with Crippen LogP contribution >= 0.6 is 0 Å². The molecule has 6 rings (SSSR count). The summed E-state index contributed by atoms with van der Waals surface area (Å²) < 4.78 is 61.3. The molecule has 1 fully saturated rings. The van der Waals surface area contributed by atoms with Gasteiger partial charge in [0, 0.05) is 51.0 Å². The van der Waals surface area contributed by atoms with Gasteiger partial charge in [0.1, 0.15) is 16.7 Å². The molecule has 0 saturated carbocycles. The number of piperazine rings is 1. The maximum absolute atomic E-state index is 14.1. The van der Waals surface area contributed by atoms with Gasteiger partial charge >= 0.3 is 10.1 Å². The molecule has 0 spiro atoms. The van der Waals surface area contributed by atoms with E-state index in [2.05, 4.69) is 9.62 Å². The lowest BCUT2D eigenvalue weighted by atomic mass is 10.0. The smallest absolute Gasteiger partial charge is 0.339 e. The number of para-hydroxylation sites is 1.